The number of aryl methyl sites for hydroxylation is 2. The fraction of sp³-hybridized carbons (Fsp3) is 0.444. The molecule has 2 heterocycles. The van der Waals surface area contributed by atoms with E-state index in [1.165, 1.54) is 12.0 Å². The van der Waals surface area contributed by atoms with E-state index in [-0.39, 0.29) is 5.97 Å². The lowest BCUT2D eigenvalue weighted by Gasteiger charge is -2.18. The highest BCUT2D eigenvalue weighted by Gasteiger charge is 2.28. The minimum atomic E-state index is -0.329. The number of hydrogen-bond donors (Lipinski definition) is 2. The van der Waals surface area contributed by atoms with Gasteiger partial charge in [0.1, 0.15) is 5.00 Å². The van der Waals surface area contributed by atoms with Crippen molar-refractivity contribution in [3.8, 4) is 0 Å². The molecule has 3 rings (SSSR count). The van der Waals surface area contributed by atoms with E-state index in [4.69, 9.17) is 17.0 Å². The standard InChI is InChI=1S/C18H22N4O2S2/c1-9-5-6-12-13(7-9)26-15(14(12)16(23)24-4)21-18(25)22-17-19-10(2)8-11(3)20-17/h8-9H,5-7H2,1-4H3,(H2,19,20,21,22,25)/t9-/m0/s1. The summed E-state index contributed by atoms with van der Waals surface area (Å²) >= 11 is 6.98. The van der Waals surface area contributed by atoms with E-state index in [0.29, 0.717) is 22.5 Å². The molecule has 0 saturated heterocycles. The van der Waals surface area contributed by atoms with Crippen LogP contribution in [0.3, 0.4) is 0 Å². The molecule has 1 aliphatic rings. The number of esters is 1. The van der Waals surface area contributed by atoms with Crippen molar-refractivity contribution in [3.05, 3.63) is 33.5 Å². The fourth-order valence-corrected chi connectivity index (χ4v) is 4.84. The molecule has 6 nitrogen and oxygen atoms in total. The summed E-state index contributed by atoms with van der Waals surface area (Å²) in [5.74, 6) is 0.729. The largest absolute Gasteiger partial charge is 0.465 e. The Bertz CT molecular complexity index is 843. The van der Waals surface area contributed by atoms with E-state index in [1.807, 2.05) is 19.9 Å². The first kappa shape index (κ1) is 18.7. The summed E-state index contributed by atoms with van der Waals surface area (Å²) in [4.78, 5) is 22.2. The maximum absolute atomic E-state index is 12.3. The number of hydrogen-bond acceptors (Lipinski definition) is 6. The molecule has 0 radical (unpaired) electrons. The van der Waals surface area contributed by atoms with E-state index >= 15 is 0 Å². The van der Waals surface area contributed by atoms with Crippen molar-refractivity contribution in [2.45, 2.75) is 40.0 Å². The van der Waals surface area contributed by atoms with Gasteiger partial charge in [0.05, 0.1) is 12.7 Å². The van der Waals surface area contributed by atoms with Crippen LogP contribution in [0.25, 0.3) is 0 Å². The van der Waals surface area contributed by atoms with Crippen molar-refractivity contribution in [3.63, 3.8) is 0 Å². The van der Waals surface area contributed by atoms with Gasteiger partial charge in [0.15, 0.2) is 5.11 Å². The average molecular weight is 391 g/mol. The Labute approximate surface area is 162 Å². The molecule has 138 valence electrons. The van der Waals surface area contributed by atoms with Gasteiger partial charge in [-0.15, -0.1) is 11.3 Å². The second-order valence-electron chi connectivity index (χ2n) is 6.60. The number of fused-ring (bicyclic) bond motifs is 1. The van der Waals surface area contributed by atoms with E-state index in [0.717, 1.165) is 41.2 Å². The molecule has 0 aliphatic heterocycles. The number of thiophene rings is 1. The first-order valence-corrected chi connectivity index (χ1v) is 9.73. The average Bonchev–Trinajstić information content (AvgIpc) is 2.89. The van der Waals surface area contributed by atoms with E-state index in [9.17, 15) is 4.79 Å². The third-order valence-corrected chi connectivity index (χ3v) is 5.71. The second kappa shape index (κ2) is 7.67. The molecule has 26 heavy (non-hydrogen) atoms. The lowest BCUT2D eigenvalue weighted by atomic mass is 9.88. The van der Waals surface area contributed by atoms with Crippen LogP contribution in [0.2, 0.25) is 0 Å². The maximum Gasteiger partial charge on any atom is 0.341 e. The Kier molecular flexibility index (Phi) is 5.52. The van der Waals surface area contributed by atoms with Crippen LogP contribution in [0.5, 0.6) is 0 Å². The van der Waals surface area contributed by atoms with Crippen molar-refractivity contribution in [2.24, 2.45) is 5.92 Å². The van der Waals surface area contributed by atoms with Gasteiger partial charge in [-0.05, 0) is 62.9 Å². The number of thiocarbonyl (C=S) groups is 1. The molecule has 2 N–H and O–H groups in total. The smallest absolute Gasteiger partial charge is 0.341 e. The van der Waals surface area contributed by atoms with Crippen molar-refractivity contribution >= 4 is 45.6 Å². The number of ether oxygens (including phenoxy) is 1. The number of anilines is 2. The molecular weight excluding hydrogens is 368 g/mol. The van der Waals surface area contributed by atoms with Crippen LogP contribution in [0.4, 0.5) is 10.9 Å². The zero-order valence-electron chi connectivity index (χ0n) is 15.3. The molecule has 0 spiro atoms. The van der Waals surface area contributed by atoms with Crippen molar-refractivity contribution in [2.75, 3.05) is 17.7 Å². The van der Waals surface area contributed by atoms with E-state index in [2.05, 4.69) is 27.5 Å². The van der Waals surface area contributed by atoms with Crippen LogP contribution in [0.15, 0.2) is 6.07 Å². The highest BCUT2D eigenvalue weighted by Crippen LogP contribution is 2.40. The minimum Gasteiger partial charge on any atom is -0.465 e. The molecule has 1 aliphatic carbocycles. The molecule has 0 unspecified atom stereocenters. The molecule has 2 aromatic rings. The summed E-state index contributed by atoms with van der Waals surface area (Å²) < 4.78 is 5.00. The van der Waals surface area contributed by atoms with Gasteiger partial charge in [-0.3, -0.25) is 0 Å². The van der Waals surface area contributed by atoms with Crippen LogP contribution < -0.4 is 10.6 Å². The van der Waals surface area contributed by atoms with E-state index in [1.54, 1.807) is 11.3 Å². The summed E-state index contributed by atoms with van der Waals surface area (Å²) in [7, 11) is 1.40. The fourth-order valence-electron chi connectivity index (χ4n) is 3.17. The molecule has 8 heteroatoms. The molecule has 0 saturated carbocycles. The monoisotopic (exact) mass is 390 g/mol. The lowest BCUT2D eigenvalue weighted by molar-refractivity contribution is 0.0601. The summed E-state index contributed by atoms with van der Waals surface area (Å²) in [5.41, 5.74) is 3.41. The molecule has 1 atom stereocenters. The highest BCUT2D eigenvalue weighted by atomic mass is 32.1. The lowest BCUT2D eigenvalue weighted by Crippen LogP contribution is -2.22. The van der Waals surface area contributed by atoms with Crippen LogP contribution in [0.1, 0.15) is 45.5 Å². The molecule has 0 fully saturated rings. The van der Waals surface area contributed by atoms with Gasteiger partial charge >= 0.3 is 5.97 Å². The van der Waals surface area contributed by atoms with E-state index < -0.39 is 0 Å². The molecule has 2 aromatic heterocycles. The van der Waals surface area contributed by atoms with Gasteiger partial charge in [-0.2, -0.15) is 0 Å². The third kappa shape index (κ3) is 4.02. The number of nitrogens with one attached hydrogen (secondary N) is 2. The summed E-state index contributed by atoms with van der Waals surface area (Å²) in [6.45, 7) is 6.04. The Morgan fingerprint density at radius 3 is 2.65 bits per heavy atom. The van der Waals surface area contributed by atoms with Gasteiger partial charge in [0.2, 0.25) is 5.95 Å². The summed E-state index contributed by atoms with van der Waals surface area (Å²) in [6, 6.07) is 1.89. The Morgan fingerprint density at radius 2 is 2.00 bits per heavy atom. The Hall–Kier alpha value is -2.06. The van der Waals surface area contributed by atoms with Crippen LogP contribution in [0, 0.1) is 19.8 Å². The topological polar surface area (TPSA) is 76.1 Å². The molecular formula is C18H22N4O2S2. The maximum atomic E-state index is 12.3. The quantitative estimate of drug-likeness (QED) is 0.608. The second-order valence-corrected chi connectivity index (χ2v) is 8.11. The number of nitrogens with zero attached hydrogens (tertiary/aromatic N) is 2. The predicted octanol–water partition coefficient (Wildman–Crippen LogP) is 3.88. The van der Waals surface area contributed by atoms with Gasteiger partial charge in [0, 0.05) is 16.3 Å². The molecule has 0 aromatic carbocycles. The van der Waals surface area contributed by atoms with Crippen LogP contribution in [-0.2, 0) is 17.6 Å². The first-order chi connectivity index (χ1) is 12.4. The van der Waals surface area contributed by atoms with Gasteiger partial charge in [0.25, 0.3) is 0 Å². The summed E-state index contributed by atoms with van der Waals surface area (Å²) in [6.07, 6.45) is 2.94. The first-order valence-electron chi connectivity index (χ1n) is 8.50. The number of carbonyl (C=O) groups excluding carboxylic acids is 1. The highest BCUT2D eigenvalue weighted by molar-refractivity contribution is 7.80. The van der Waals surface area contributed by atoms with Crippen LogP contribution >= 0.6 is 23.6 Å². The Morgan fingerprint density at radius 1 is 1.31 bits per heavy atom. The predicted molar refractivity (Wildman–Crippen MR) is 108 cm³/mol. The van der Waals surface area contributed by atoms with Gasteiger partial charge < -0.3 is 15.4 Å². The van der Waals surface area contributed by atoms with Gasteiger partial charge in [-0.25, -0.2) is 14.8 Å². The summed E-state index contributed by atoms with van der Waals surface area (Å²) in [5, 5.41) is 7.21. The van der Waals surface area contributed by atoms with Crippen molar-refractivity contribution < 1.29 is 9.53 Å². The number of aromatic nitrogens is 2. The van der Waals surface area contributed by atoms with Crippen molar-refractivity contribution in [1.29, 1.82) is 0 Å². The normalized spacial score (nSPS) is 15.9. The van der Waals surface area contributed by atoms with Crippen molar-refractivity contribution in [1.82, 2.24) is 9.97 Å². The third-order valence-electron chi connectivity index (χ3n) is 4.34. The zero-order chi connectivity index (χ0) is 18.8. The van der Waals surface area contributed by atoms with Crippen LogP contribution in [-0.4, -0.2) is 28.2 Å². The number of carbonyl (C=O) groups is 1. The van der Waals surface area contributed by atoms with Gasteiger partial charge in [-0.1, -0.05) is 6.92 Å². The minimum absolute atomic E-state index is 0.329. The number of methoxy groups -OCH3 is 1. The zero-order valence-corrected chi connectivity index (χ0v) is 16.9. The molecule has 0 bridgehead atoms. The molecule has 0 amide bonds. The Balaban J connectivity index is 1.84. The number of rotatable bonds is 3. The SMILES string of the molecule is COC(=O)c1c(NC(=S)Nc2nc(C)cc(C)n2)sc2c1CC[C@H](C)C2.